The number of fused-ring (bicyclic) bond motifs is 1. The molecule has 2 amide bonds. The summed E-state index contributed by atoms with van der Waals surface area (Å²) in [4.78, 5) is 38.5. The van der Waals surface area contributed by atoms with E-state index in [-0.39, 0.29) is 17.0 Å². The van der Waals surface area contributed by atoms with Crippen LogP contribution < -0.4 is 20.1 Å². The lowest BCUT2D eigenvalue weighted by atomic mass is 10.1. The second kappa shape index (κ2) is 10.7. The Kier molecular flexibility index (Phi) is 7.27. The van der Waals surface area contributed by atoms with Crippen molar-refractivity contribution in [3.05, 3.63) is 82.6 Å². The molecule has 0 atom stereocenters. The van der Waals surface area contributed by atoms with E-state index in [1.807, 2.05) is 36.4 Å². The van der Waals surface area contributed by atoms with Crippen molar-refractivity contribution in [2.75, 3.05) is 31.5 Å². The first kappa shape index (κ1) is 23.8. The third-order valence-electron chi connectivity index (χ3n) is 5.13. The molecule has 1 heterocycles. The largest absolute Gasteiger partial charge is 0.493 e. The van der Waals surface area contributed by atoms with Crippen molar-refractivity contribution in [1.29, 1.82) is 0 Å². The van der Waals surface area contributed by atoms with E-state index in [1.54, 1.807) is 23.6 Å². The molecule has 9 heteroatoms. The number of rotatable bonds is 8. The van der Waals surface area contributed by atoms with Gasteiger partial charge in [-0.2, -0.15) is 0 Å². The monoisotopic (exact) mass is 490 g/mol. The van der Waals surface area contributed by atoms with Crippen LogP contribution in [-0.4, -0.2) is 38.6 Å². The van der Waals surface area contributed by atoms with E-state index in [1.165, 1.54) is 37.7 Å². The van der Waals surface area contributed by atoms with E-state index in [0.29, 0.717) is 16.3 Å². The van der Waals surface area contributed by atoms with Gasteiger partial charge in [0.15, 0.2) is 18.1 Å². The molecule has 0 radical (unpaired) electrons. The molecule has 0 aliphatic rings. The molecule has 0 bridgehead atoms. The van der Waals surface area contributed by atoms with Crippen LogP contribution in [-0.2, 0) is 9.53 Å². The Labute approximate surface area is 205 Å². The molecule has 0 unspecified atom stereocenters. The summed E-state index contributed by atoms with van der Waals surface area (Å²) in [5, 5.41) is 9.08. The molecule has 0 aliphatic heterocycles. The molecule has 0 saturated carbocycles. The zero-order chi connectivity index (χ0) is 24.8. The highest BCUT2D eigenvalue weighted by Crippen LogP contribution is 2.34. The Morgan fingerprint density at radius 1 is 0.829 bits per heavy atom. The number of hydrogen-bond acceptors (Lipinski definition) is 7. The zero-order valence-corrected chi connectivity index (χ0v) is 19.8. The van der Waals surface area contributed by atoms with Crippen LogP contribution in [0.3, 0.4) is 0 Å². The molecule has 2 N–H and O–H groups in total. The Morgan fingerprint density at radius 3 is 2.31 bits per heavy atom. The van der Waals surface area contributed by atoms with Crippen LogP contribution in [0.15, 0.2) is 72.1 Å². The summed E-state index contributed by atoms with van der Waals surface area (Å²) in [7, 11) is 2.87. The minimum Gasteiger partial charge on any atom is -0.493 e. The standard InChI is InChI=1S/C26H22N2O6S/c1-32-21-13-18(20(14-22(21)33-2)28-25(30)23-11-6-12-35-23)26(31)34-15-24(29)27-19-10-5-8-16-7-3-4-9-17(16)19/h3-14H,15H2,1-2H3,(H,27,29)(H,28,30). The van der Waals surface area contributed by atoms with Crippen LogP contribution in [0.4, 0.5) is 11.4 Å². The van der Waals surface area contributed by atoms with Crippen LogP contribution >= 0.6 is 11.3 Å². The summed E-state index contributed by atoms with van der Waals surface area (Å²) in [5.41, 5.74) is 0.796. The summed E-state index contributed by atoms with van der Waals surface area (Å²) in [6.45, 7) is -0.519. The predicted molar refractivity (Wildman–Crippen MR) is 135 cm³/mol. The molecular weight excluding hydrogens is 468 g/mol. The van der Waals surface area contributed by atoms with Crippen molar-refractivity contribution in [3.8, 4) is 11.5 Å². The summed E-state index contributed by atoms with van der Waals surface area (Å²) in [5.74, 6) is -1.11. The first-order valence-corrected chi connectivity index (χ1v) is 11.4. The maximum atomic E-state index is 12.9. The van der Waals surface area contributed by atoms with Crippen LogP contribution in [0.5, 0.6) is 11.5 Å². The van der Waals surface area contributed by atoms with E-state index < -0.39 is 24.4 Å². The second-order valence-corrected chi connectivity index (χ2v) is 8.28. The molecule has 8 nitrogen and oxygen atoms in total. The van der Waals surface area contributed by atoms with Crippen LogP contribution in [0.1, 0.15) is 20.0 Å². The van der Waals surface area contributed by atoms with E-state index in [4.69, 9.17) is 14.2 Å². The third kappa shape index (κ3) is 5.42. The zero-order valence-electron chi connectivity index (χ0n) is 19.0. The highest BCUT2D eigenvalue weighted by Gasteiger charge is 2.21. The number of nitrogens with one attached hydrogen (secondary N) is 2. The number of carbonyl (C=O) groups is 3. The number of hydrogen-bond donors (Lipinski definition) is 2. The van der Waals surface area contributed by atoms with Crippen molar-refractivity contribution in [2.24, 2.45) is 0 Å². The van der Waals surface area contributed by atoms with Gasteiger partial charge in [0, 0.05) is 23.2 Å². The highest BCUT2D eigenvalue weighted by atomic mass is 32.1. The van der Waals surface area contributed by atoms with Gasteiger partial charge in [-0.25, -0.2) is 4.79 Å². The maximum Gasteiger partial charge on any atom is 0.340 e. The lowest BCUT2D eigenvalue weighted by Gasteiger charge is -2.15. The first-order chi connectivity index (χ1) is 17.0. The van der Waals surface area contributed by atoms with Gasteiger partial charge in [0.05, 0.1) is 30.3 Å². The number of methoxy groups -OCH3 is 2. The number of amides is 2. The fourth-order valence-electron chi connectivity index (χ4n) is 3.47. The SMILES string of the molecule is COc1cc(NC(=O)c2cccs2)c(C(=O)OCC(=O)Nc2cccc3ccccc23)cc1OC. The molecule has 0 spiro atoms. The summed E-state index contributed by atoms with van der Waals surface area (Å²) in [6, 6.07) is 19.4. The van der Waals surface area contributed by atoms with Crippen LogP contribution in [0.2, 0.25) is 0 Å². The number of benzene rings is 3. The molecule has 1 aromatic heterocycles. The number of carbonyl (C=O) groups excluding carboxylic acids is 3. The Balaban J connectivity index is 1.51. The van der Waals surface area contributed by atoms with E-state index in [2.05, 4.69) is 10.6 Å². The normalized spacial score (nSPS) is 10.5. The molecule has 0 aliphatic carbocycles. The lowest BCUT2D eigenvalue weighted by Crippen LogP contribution is -2.22. The van der Waals surface area contributed by atoms with E-state index in [0.717, 1.165) is 10.8 Å². The number of esters is 1. The summed E-state index contributed by atoms with van der Waals surface area (Å²) < 4.78 is 15.8. The molecule has 0 saturated heterocycles. The van der Waals surface area contributed by atoms with Gasteiger partial charge in [-0.05, 0) is 22.9 Å². The Hall–Kier alpha value is -4.37. The molecule has 4 rings (SSSR count). The van der Waals surface area contributed by atoms with Gasteiger partial charge < -0.3 is 24.8 Å². The molecule has 35 heavy (non-hydrogen) atoms. The average Bonchev–Trinajstić information content (AvgIpc) is 3.42. The lowest BCUT2D eigenvalue weighted by molar-refractivity contribution is -0.119. The fraction of sp³-hybridized carbons (Fsp3) is 0.115. The van der Waals surface area contributed by atoms with Crippen molar-refractivity contribution in [1.82, 2.24) is 0 Å². The third-order valence-corrected chi connectivity index (χ3v) is 6.00. The number of ether oxygens (including phenoxy) is 3. The number of anilines is 2. The maximum absolute atomic E-state index is 12.9. The van der Waals surface area contributed by atoms with E-state index in [9.17, 15) is 14.4 Å². The highest BCUT2D eigenvalue weighted by molar-refractivity contribution is 7.12. The second-order valence-electron chi connectivity index (χ2n) is 7.34. The van der Waals surface area contributed by atoms with Crippen molar-refractivity contribution >= 4 is 51.3 Å². The van der Waals surface area contributed by atoms with Crippen LogP contribution in [0, 0.1) is 0 Å². The minimum absolute atomic E-state index is 0.0190. The van der Waals surface area contributed by atoms with Crippen molar-refractivity contribution < 1.29 is 28.6 Å². The first-order valence-electron chi connectivity index (χ1n) is 10.6. The minimum atomic E-state index is -0.805. The fourth-order valence-corrected chi connectivity index (χ4v) is 4.09. The predicted octanol–water partition coefficient (Wildman–Crippen LogP) is 4.97. The van der Waals surface area contributed by atoms with Gasteiger partial charge in [0.1, 0.15) is 0 Å². The Bertz CT molecular complexity index is 1380. The Morgan fingerprint density at radius 2 is 1.57 bits per heavy atom. The number of thiophene rings is 1. The molecule has 178 valence electrons. The topological polar surface area (TPSA) is 103 Å². The average molecular weight is 491 g/mol. The molecule has 0 fully saturated rings. The molecule has 3 aromatic carbocycles. The molecular formula is C26H22N2O6S. The van der Waals surface area contributed by atoms with Crippen molar-refractivity contribution in [2.45, 2.75) is 0 Å². The summed E-state index contributed by atoms with van der Waals surface area (Å²) >= 11 is 1.26. The van der Waals surface area contributed by atoms with Crippen molar-refractivity contribution in [3.63, 3.8) is 0 Å². The molecule has 4 aromatic rings. The summed E-state index contributed by atoms with van der Waals surface area (Å²) in [6.07, 6.45) is 0. The van der Waals surface area contributed by atoms with Gasteiger partial charge in [-0.15, -0.1) is 11.3 Å². The van der Waals surface area contributed by atoms with Gasteiger partial charge in [-0.1, -0.05) is 42.5 Å². The van der Waals surface area contributed by atoms with Gasteiger partial charge in [0.25, 0.3) is 11.8 Å². The van der Waals surface area contributed by atoms with Crippen LogP contribution in [0.25, 0.3) is 10.8 Å². The van der Waals surface area contributed by atoms with Gasteiger partial charge >= 0.3 is 5.97 Å². The van der Waals surface area contributed by atoms with E-state index >= 15 is 0 Å². The quantitative estimate of drug-likeness (QED) is 0.338. The van der Waals surface area contributed by atoms with Gasteiger partial charge in [-0.3, -0.25) is 9.59 Å². The van der Waals surface area contributed by atoms with Gasteiger partial charge in [0.2, 0.25) is 0 Å². The smallest absolute Gasteiger partial charge is 0.340 e.